The molecule has 176 valence electrons. The van der Waals surface area contributed by atoms with Crippen LogP contribution in [-0.2, 0) is 9.59 Å². The fraction of sp³-hybridized carbons (Fsp3) is 0.333. The highest BCUT2D eigenvalue weighted by Gasteiger charge is 2.46. The lowest BCUT2D eigenvalue weighted by Gasteiger charge is -2.27. The average molecular weight is 458 g/mol. The Bertz CT molecular complexity index is 1060. The van der Waals surface area contributed by atoms with E-state index in [1.54, 1.807) is 12.1 Å². The maximum atomic E-state index is 13.4. The van der Waals surface area contributed by atoms with Gasteiger partial charge in [0, 0.05) is 18.7 Å². The number of halogens is 1. The van der Waals surface area contributed by atoms with Gasteiger partial charge < -0.3 is 29.1 Å². The molecule has 0 aliphatic carbocycles. The summed E-state index contributed by atoms with van der Waals surface area (Å²) in [6, 6.07) is 7.41. The van der Waals surface area contributed by atoms with Gasteiger partial charge in [-0.25, -0.2) is 4.39 Å². The van der Waals surface area contributed by atoms with Crippen molar-refractivity contribution >= 4 is 17.4 Å². The molecule has 1 atom stereocenters. The van der Waals surface area contributed by atoms with Crippen LogP contribution in [0, 0.1) is 5.82 Å². The Hall–Kier alpha value is -3.59. The highest BCUT2D eigenvalue weighted by Crippen LogP contribution is 2.45. The SMILES string of the molecule is COc1cc(C2/C(=C(/O)c3ccc(F)cc3)C(=O)C(=O)N2CCN(C)C)cc(OC)c1OC. The predicted octanol–water partition coefficient (Wildman–Crippen LogP) is 2.83. The van der Waals surface area contributed by atoms with Gasteiger partial charge in [-0.15, -0.1) is 0 Å². The Kier molecular flexibility index (Phi) is 7.23. The monoisotopic (exact) mass is 458 g/mol. The topological polar surface area (TPSA) is 88.5 Å². The van der Waals surface area contributed by atoms with E-state index in [2.05, 4.69) is 0 Å². The second kappa shape index (κ2) is 9.91. The first-order valence-electron chi connectivity index (χ1n) is 10.2. The smallest absolute Gasteiger partial charge is 0.295 e. The Morgan fingerprint density at radius 3 is 2.09 bits per heavy atom. The standard InChI is InChI=1S/C24H27FN2O6/c1-26(2)10-11-27-20(15-12-17(31-3)23(33-5)18(13-15)32-4)19(22(29)24(27)30)21(28)14-6-8-16(25)9-7-14/h6-9,12-13,20,28H,10-11H2,1-5H3/b21-19-. The van der Waals surface area contributed by atoms with Crippen molar-refractivity contribution in [3.8, 4) is 17.2 Å². The fourth-order valence-corrected chi connectivity index (χ4v) is 3.79. The number of aliphatic hydroxyl groups excluding tert-OH is 1. The molecule has 0 aromatic heterocycles. The number of hydrogen-bond acceptors (Lipinski definition) is 7. The fourth-order valence-electron chi connectivity index (χ4n) is 3.79. The molecule has 2 aromatic rings. The number of ether oxygens (including phenoxy) is 3. The largest absolute Gasteiger partial charge is 0.507 e. The molecule has 0 saturated carbocycles. The normalized spacial score (nSPS) is 17.5. The van der Waals surface area contributed by atoms with Crippen molar-refractivity contribution in [2.45, 2.75) is 6.04 Å². The number of nitrogens with zero attached hydrogens (tertiary/aromatic N) is 2. The molecule has 1 N–H and O–H groups in total. The molecular formula is C24H27FN2O6. The first kappa shape index (κ1) is 24.1. The Morgan fingerprint density at radius 2 is 1.61 bits per heavy atom. The van der Waals surface area contributed by atoms with Crippen LogP contribution in [0.3, 0.4) is 0 Å². The molecule has 1 unspecified atom stereocenters. The summed E-state index contributed by atoms with van der Waals surface area (Å²) in [5.74, 6) is -1.40. The van der Waals surface area contributed by atoms with Crippen LogP contribution < -0.4 is 14.2 Å². The maximum Gasteiger partial charge on any atom is 0.295 e. The maximum absolute atomic E-state index is 13.4. The lowest BCUT2D eigenvalue weighted by molar-refractivity contribution is -0.140. The molecule has 0 radical (unpaired) electrons. The molecule has 1 saturated heterocycles. The van der Waals surface area contributed by atoms with Gasteiger partial charge in [-0.2, -0.15) is 0 Å². The zero-order valence-electron chi connectivity index (χ0n) is 19.2. The second-order valence-corrected chi connectivity index (χ2v) is 7.76. The molecule has 1 aliphatic rings. The number of carbonyl (C=O) groups excluding carboxylic acids is 2. The summed E-state index contributed by atoms with van der Waals surface area (Å²) in [7, 11) is 8.09. The molecule has 1 amide bonds. The number of likely N-dealkylation sites (N-methyl/N-ethyl adjacent to an activating group) is 1. The number of ketones is 1. The molecule has 1 fully saturated rings. The zero-order chi connectivity index (χ0) is 24.3. The zero-order valence-corrected chi connectivity index (χ0v) is 19.2. The van der Waals surface area contributed by atoms with Crippen LogP contribution >= 0.6 is 0 Å². The summed E-state index contributed by atoms with van der Waals surface area (Å²) in [5, 5.41) is 11.0. The minimum Gasteiger partial charge on any atom is -0.507 e. The molecule has 8 nitrogen and oxygen atoms in total. The molecule has 3 rings (SSSR count). The molecule has 0 bridgehead atoms. The Balaban J connectivity index is 2.25. The van der Waals surface area contributed by atoms with Crippen LogP contribution in [0.2, 0.25) is 0 Å². The average Bonchev–Trinajstić information content (AvgIpc) is 3.06. The van der Waals surface area contributed by atoms with Crippen molar-refractivity contribution < 1.29 is 33.3 Å². The lowest BCUT2D eigenvalue weighted by atomic mass is 9.94. The van der Waals surface area contributed by atoms with Gasteiger partial charge >= 0.3 is 0 Å². The van der Waals surface area contributed by atoms with E-state index in [4.69, 9.17) is 14.2 Å². The van der Waals surface area contributed by atoms with E-state index in [9.17, 15) is 19.1 Å². The molecule has 33 heavy (non-hydrogen) atoms. The molecule has 1 heterocycles. The number of rotatable bonds is 8. The number of amides is 1. The first-order valence-corrected chi connectivity index (χ1v) is 10.2. The van der Waals surface area contributed by atoms with Gasteiger partial charge in [0.2, 0.25) is 5.75 Å². The number of carbonyl (C=O) groups is 2. The Labute approximate surface area is 191 Å². The number of benzene rings is 2. The van der Waals surface area contributed by atoms with Gasteiger partial charge in [0.05, 0.1) is 32.9 Å². The van der Waals surface area contributed by atoms with Gasteiger partial charge in [-0.3, -0.25) is 9.59 Å². The number of aliphatic hydroxyl groups is 1. The number of Topliss-reactive ketones (excluding diaryl/α,β-unsaturated/α-hetero) is 1. The number of likely N-dealkylation sites (tertiary alicyclic amines) is 1. The van der Waals surface area contributed by atoms with E-state index in [1.165, 1.54) is 50.5 Å². The van der Waals surface area contributed by atoms with E-state index >= 15 is 0 Å². The summed E-state index contributed by atoms with van der Waals surface area (Å²) in [6.07, 6.45) is 0. The van der Waals surface area contributed by atoms with E-state index in [0.717, 1.165) is 0 Å². The van der Waals surface area contributed by atoms with Gasteiger partial charge in [0.15, 0.2) is 11.5 Å². The van der Waals surface area contributed by atoms with Crippen molar-refractivity contribution in [1.82, 2.24) is 9.80 Å². The van der Waals surface area contributed by atoms with Crippen LogP contribution in [0.1, 0.15) is 17.2 Å². The van der Waals surface area contributed by atoms with E-state index < -0.39 is 23.5 Å². The van der Waals surface area contributed by atoms with Crippen molar-refractivity contribution in [2.75, 3.05) is 48.5 Å². The van der Waals surface area contributed by atoms with Crippen molar-refractivity contribution in [3.63, 3.8) is 0 Å². The van der Waals surface area contributed by atoms with Crippen molar-refractivity contribution in [2.24, 2.45) is 0 Å². The second-order valence-electron chi connectivity index (χ2n) is 7.76. The summed E-state index contributed by atoms with van der Waals surface area (Å²) in [6.45, 7) is 0.726. The number of hydrogen-bond donors (Lipinski definition) is 1. The summed E-state index contributed by atoms with van der Waals surface area (Å²) < 4.78 is 29.7. The van der Waals surface area contributed by atoms with Gasteiger partial charge in [-0.05, 0) is 56.1 Å². The van der Waals surface area contributed by atoms with E-state index in [1.807, 2.05) is 19.0 Å². The Morgan fingerprint density at radius 1 is 1.03 bits per heavy atom. The van der Waals surface area contributed by atoms with Crippen LogP contribution in [0.15, 0.2) is 42.0 Å². The van der Waals surface area contributed by atoms with E-state index in [-0.39, 0.29) is 23.4 Å². The van der Waals surface area contributed by atoms with Crippen molar-refractivity contribution in [3.05, 3.63) is 58.9 Å². The molecule has 0 spiro atoms. The highest BCUT2D eigenvalue weighted by atomic mass is 19.1. The van der Waals surface area contributed by atoms with Gasteiger partial charge in [-0.1, -0.05) is 0 Å². The molecular weight excluding hydrogens is 431 g/mol. The quantitative estimate of drug-likeness (QED) is 0.370. The van der Waals surface area contributed by atoms with Crippen LogP contribution in [0.5, 0.6) is 17.2 Å². The molecule has 1 aliphatic heterocycles. The van der Waals surface area contributed by atoms with Crippen LogP contribution in [0.4, 0.5) is 4.39 Å². The summed E-state index contributed by atoms with van der Waals surface area (Å²) >= 11 is 0. The summed E-state index contributed by atoms with van der Waals surface area (Å²) in [4.78, 5) is 29.4. The lowest BCUT2D eigenvalue weighted by Crippen LogP contribution is -2.35. The van der Waals surface area contributed by atoms with Crippen LogP contribution in [0.25, 0.3) is 5.76 Å². The predicted molar refractivity (Wildman–Crippen MR) is 120 cm³/mol. The van der Waals surface area contributed by atoms with Gasteiger partial charge in [0.1, 0.15) is 11.6 Å². The number of methoxy groups -OCH3 is 3. The first-order chi connectivity index (χ1) is 15.7. The minimum atomic E-state index is -0.913. The third-order valence-corrected chi connectivity index (χ3v) is 5.45. The van der Waals surface area contributed by atoms with Gasteiger partial charge in [0.25, 0.3) is 11.7 Å². The van der Waals surface area contributed by atoms with Crippen molar-refractivity contribution in [1.29, 1.82) is 0 Å². The van der Waals surface area contributed by atoms with Crippen LogP contribution in [-0.4, -0.2) is 75.1 Å². The third kappa shape index (κ3) is 4.63. The van der Waals surface area contributed by atoms with E-state index in [0.29, 0.717) is 29.4 Å². The minimum absolute atomic E-state index is 0.0976. The highest BCUT2D eigenvalue weighted by molar-refractivity contribution is 6.46. The summed E-state index contributed by atoms with van der Waals surface area (Å²) in [5.41, 5.74) is 0.616. The molecule has 9 heteroatoms. The third-order valence-electron chi connectivity index (χ3n) is 5.45. The molecule has 2 aromatic carbocycles.